The van der Waals surface area contributed by atoms with Crippen molar-refractivity contribution in [1.29, 1.82) is 0 Å². The number of hydrogen-bond acceptors (Lipinski definition) is 2. The molecule has 3 heteroatoms. The lowest BCUT2D eigenvalue weighted by atomic mass is 10.1. The van der Waals surface area contributed by atoms with E-state index in [2.05, 4.69) is 42.7 Å². The SMILES string of the molecule is CC(C)CNCCC(C)c1nccn1C. The fraction of sp³-hybridized carbons (Fsp3) is 0.750. The molecule has 0 saturated carbocycles. The van der Waals surface area contributed by atoms with Gasteiger partial charge in [0, 0.05) is 25.4 Å². The smallest absolute Gasteiger partial charge is 0.111 e. The van der Waals surface area contributed by atoms with Crippen molar-refractivity contribution in [3.8, 4) is 0 Å². The Hall–Kier alpha value is -0.830. The van der Waals surface area contributed by atoms with Crippen LogP contribution in [0.3, 0.4) is 0 Å². The van der Waals surface area contributed by atoms with E-state index in [0.29, 0.717) is 5.92 Å². The summed E-state index contributed by atoms with van der Waals surface area (Å²) < 4.78 is 2.10. The summed E-state index contributed by atoms with van der Waals surface area (Å²) in [7, 11) is 2.06. The predicted molar refractivity (Wildman–Crippen MR) is 63.9 cm³/mol. The van der Waals surface area contributed by atoms with Crippen LogP contribution in [-0.2, 0) is 7.05 Å². The topological polar surface area (TPSA) is 29.9 Å². The van der Waals surface area contributed by atoms with Gasteiger partial charge in [-0.3, -0.25) is 0 Å². The Morgan fingerprint density at radius 3 is 2.67 bits per heavy atom. The van der Waals surface area contributed by atoms with Gasteiger partial charge < -0.3 is 9.88 Å². The van der Waals surface area contributed by atoms with E-state index in [9.17, 15) is 0 Å². The van der Waals surface area contributed by atoms with E-state index >= 15 is 0 Å². The molecule has 1 heterocycles. The summed E-state index contributed by atoms with van der Waals surface area (Å²) in [5.74, 6) is 2.44. The highest BCUT2D eigenvalue weighted by atomic mass is 15.0. The summed E-state index contributed by atoms with van der Waals surface area (Å²) in [6.45, 7) is 8.88. The van der Waals surface area contributed by atoms with E-state index in [1.54, 1.807) is 0 Å². The molecule has 1 N–H and O–H groups in total. The zero-order valence-electron chi connectivity index (χ0n) is 10.3. The Morgan fingerprint density at radius 2 is 2.13 bits per heavy atom. The van der Waals surface area contributed by atoms with E-state index in [1.807, 2.05) is 12.4 Å². The van der Waals surface area contributed by atoms with Crippen LogP contribution in [0.4, 0.5) is 0 Å². The van der Waals surface area contributed by atoms with E-state index in [-0.39, 0.29) is 0 Å². The minimum Gasteiger partial charge on any atom is -0.338 e. The molecule has 1 unspecified atom stereocenters. The third-order valence-electron chi connectivity index (χ3n) is 2.61. The molecule has 0 spiro atoms. The highest BCUT2D eigenvalue weighted by molar-refractivity contribution is 4.97. The van der Waals surface area contributed by atoms with E-state index in [4.69, 9.17) is 0 Å². The molecule has 0 fully saturated rings. The van der Waals surface area contributed by atoms with Gasteiger partial charge in [0.05, 0.1) is 0 Å². The maximum absolute atomic E-state index is 4.36. The number of rotatable bonds is 6. The second-order valence-corrected chi connectivity index (χ2v) is 4.68. The van der Waals surface area contributed by atoms with Crippen molar-refractivity contribution in [3.63, 3.8) is 0 Å². The first-order valence-corrected chi connectivity index (χ1v) is 5.79. The van der Waals surface area contributed by atoms with Crippen molar-refractivity contribution >= 4 is 0 Å². The number of imidazole rings is 1. The molecular weight excluding hydrogens is 186 g/mol. The van der Waals surface area contributed by atoms with Crippen molar-refractivity contribution in [1.82, 2.24) is 14.9 Å². The van der Waals surface area contributed by atoms with Crippen molar-refractivity contribution in [2.75, 3.05) is 13.1 Å². The van der Waals surface area contributed by atoms with Gasteiger partial charge in [0.1, 0.15) is 5.82 Å². The number of hydrogen-bond donors (Lipinski definition) is 1. The van der Waals surface area contributed by atoms with Crippen LogP contribution in [0.25, 0.3) is 0 Å². The number of aromatic nitrogens is 2. The molecule has 86 valence electrons. The van der Waals surface area contributed by atoms with Crippen molar-refractivity contribution < 1.29 is 0 Å². The highest BCUT2D eigenvalue weighted by Crippen LogP contribution is 2.15. The van der Waals surface area contributed by atoms with Crippen LogP contribution in [0.2, 0.25) is 0 Å². The molecule has 0 aliphatic heterocycles. The predicted octanol–water partition coefficient (Wildman–Crippen LogP) is 2.16. The monoisotopic (exact) mass is 209 g/mol. The van der Waals surface area contributed by atoms with Gasteiger partial charge in [-0.1, -0.05) is 20.8 Å². The maximum Gasteiger partial charge on any atom is 0.111 e. The number of nitrogens with one attached hydrogen (secondary N) is 1. The van der Waals surface area contributed by atoms with Gasteiger partial charge in [-0.05, 0) is 25.4 Å². The molecule has 3 nitrogen and oxygen atoms in total. The molecule has 1 rings (SSSR count). The molecule has 0 aromatic carbocycles. The summed E-state index contributed by atoms with van der Waals surface area (Å²) in [4.78, 5) is 4.36. The zero-order valence-corrected chi connectivity index (χ0v) is 10.3. The van der Waals surface area contributed by atoms with Crippen LogP contribution in [0.5, 0.6) is 0 Å². The Labute approximate surface area is 92.9 Å². The molecule has 1 atom stereocenters. The summed E-state index contributed by atoms with van der Waals surface area (Å²) in [5, 5.41) is 3.46. The van der Waals surface area contributed by atoms with Crippen LogP contribution in [0.1, 0.15) is 38.9 Å². The molecule has 0 aliphatic carbocycles. The van der Waals surface area contributed by atoms with E-state index < -0.39 is 0 Å². The standard InChI is InChI=1S/C12H23N3/c1-10(2)9-13-6-5-11(3)12-14-7-8-15(12)4/h7-8,10-11,13H,5-6,9H2,1-4H3. The Bertz CT molecular complexity index is 278. The highest BCUT2D eigenvalue weighted by Gasteiger charge is 2.09. The lowest BCUT2D eigenvalue weighted by Crippen LogP contribution is -2.22. The van der Waals surface area contributed by atoms with Gasteiger partial charge in [-0.2, -0.15) is 0 Å². The summed E-state index contributed by atoms with van der Waals surface area (Å²) in [6.07, 6.45) is 5.03. The van der Waals surface area contributed by atoms with E-state index in [0.717, 1.165) is 25.4 Å². The molecular formula is C12H23N3. The number of aryl methyl sites for hydroxylation is 1. The van der Waals surface area contributed by atoms with Gasteiger partial charge in [0.15, 0.2) is 0 Å². The largest absolute Gasteiger partial charge is 0.338 e. The summed E-state index contributed by atoms with van der Waals surface area (Å²) >= 11 is 0. The maximum atomic E-state index is 4.36. The Morgan fingerprint density at radius 1 is 1.40 bits per heavy atom. The first kappa shape index (κ1) is 12.2. The fourth-order valence-electron chi connectivity index (χ4n) is 1.69. The summed E-state index contributed by atoms with van der Waals surface area (Å²) in [6, 6.07) is 0. The lowest BCUT2D eigenvalue weighted by Gasteiger charge is -2.12. The Balaban J connectivity index is 2.25. The van der Waals surface area contributed by atoms with Crippen LogP contribution >= 0.6 is 0 Å². The molecule has 0 amide bonds. The fourth-order valence-corrected chi connectivity index (χ4v) is 1.69. The molecule has 1 aromatic rings. The third-order valence-corrected chi connectivity index (χ3v) is 2.61. The van der Waals surface area contributed by atoms with E-state index in [1.165, 1.54) is 5.82 Å². The Kier molecular flexibility index (Phi) is 4.82. The average molecular weight is 209 g/mol. The quantitative estimate of drug-likeness (QED) is 0.728. The third kappa shape index (κ3) is 4.04. The summed E-state index contributed by atoms with van der Waals surface area (Å²) in [5.41, 5.74) is 0. The van der Waals surface area contributed by atoms with Crippen LogP contribution < -0.4 is 5.32 Å². The van der Waals surface area contributed by atoms with Crippen LogP contribution in [0, 0.1) is 5.92 Å². The van der Waals surface area contributed by atoms with Crippen molar-refractivity contribution in [3.05, 3.63) is 18.2 Å². The molecule has 15 heavy (non-hydrogen) atoms. The van der Waals surface area contributed by atoms with Crippen LogP contribution in [-0.4, -0.2) is 22.6 Å². The van der Waals surface area contributed by atoms with Gasteiger partial charge in [0.25, 0.3) is 0 Å². The van der Waals surface area contributed by atoms with Crippen molar-refractivity contribution in [2.24, 2.45) is 13.0 Å². The first-order valence-electron chi connectivity index (χ1n) is 5.79. The normalized spacial score (nSPS) is 13.4. The second-order valence-electron chi connectivity index (χ2n) is 4.68. The second kappa shape index (κ2) is 5.91. The van der Waals surface area contributed by atoms with Crippen LogP contribution in [0.15, 0.2) is 12.4 Å². The first-order chi connectivity index (χ1) is 7.11. The van der Waals surface area contributed by atoms with Gasteiger partial charge in [-0.25, -0.2) is 4.98 Å². The zero-order chi connectivity index (χ0) is 11.3. The minimum atomic E-state index is 0.532. The van der Waals surface area contributed by atoms with Gasteiger partial charge in [-0.15, -0.1) is 0 Å². The molecule has 1 aromatic heterocycles. The molecule has 0 aliphatic rings. The molecule has 0 radical (unpaired) electrons. The average Bonchev–Trinajstić information content (AvgIpc) is 2.58. The van der Waals surface area contributed by atoms with Gasteiger partial charge in [0.2, 0.25) is 0 Å². The minimum absolute atomic E-state index is 0.532. The van der Waals surface area contributed by atoms with Gasteiger partial charge >= 0.3 is 0 Å². The number of nitrogens with zero attached hydrogens (tertiary/aromatic N) is 2. The molecule has 0 bridgehead atoms. The lowest BCUT2D eigenvalue weighted by molar-refractivity contribution is 0.513. The van der Waals surface area contributed by atoms with Crippen molar-refractivity contribution in [2.45, 2.75) is 33.1 Å². The molecule has 0 saturated heterocycles.